The average Bonchev–Trinajstić information content (AvgIpc) is 3.52. The summed E-state index contributed by atoms with van der Waals surface area (Å²) in [6, 6.07) is 16.8. The standard InChI is InChI=1S/C32H32N2O7/c1-5-41-21-8-6-19(7-9-21)30(35)28-29(24-12-10-23(39-3)17-27(24)40-4)34(32(37)31(28)36)15-14-20-18-33-26-13-11-22(38-2)16-25(20)26/h6-13,16-18,29,33,35H,5,14-15H2,1-4H3/b30-28-. The van der Waals surface area contributed by atoms with Crippen molar-refractivity contribution in [2.24, 2.45) is 0 Å². The molecule has 1 unspecified atom stereocenters. The summed E-state index contributed by atoms with van der Waals surface area (Å²) in [7, 11) is 4.67. The van der Waals surface area contributed by atoms with E-state index in [1.54, 1.807) is 56.7 Å². The number of carbonyl (C=O) groups excluding carboxylic acids is 2. The van der Waals surface area contributed by atoms with Crippen LogP contribution in [0, 0.1) is 0 Å². The van der Waals surface area contributed by atoms with Gasteiger partial charge < -0.3 is 33.9 Å². The number of amides is 1. The third kappa shape index (κ3) is 5.18. The molecule has 1 amide bonds. The number of ketones is 1. The molecule has 2 heterocycles. The first-order chi connectivity index (χ1) is 19.9. The lowest BCUT2D eigenvalue weighted by Crippen LogP contribution is -2.31. The van der Waals surface area contributed by atoms with Crippen molar-refractivity contribution in [3.8, 4) is 23.0 Å². The predicted molar refractivity (Wildman–Crippen MR) is 155 cm³/mol. The van der Waals surface area contributed by atoms with Crippen LogP contribution in [0.5, 0.6) is 23.0 Å². The van der Waals surface area contributed by atoms with E-state index in [9.17, 15) is 14.7 Å². The van der Waals surface area contributed by atoms with Gasteiger partial charge in [-0.2, -0.15) is 0 Å². The Bertz CT molecular complexity index is 1620. The number of aromatic amines is 1. The molecule has 0 spiro atoms. The number of benzene rings is 3. The highest BCUT2D eigenvalue weighted by Gasteiger charge is 2.47. The summed E-state index contributed by atoms with van der Waals surface area (Å²) >= 11 is 0. The smallest absolute Gasteiger partial charge is 0.295 e. The lowest BCUT2D eigenvalue weighted by atomic mass is 9.94. The summed E-state index contributed by atoms with van der Waals surface area (Å²) in [5.74, 6) is 0.606. The number of nitrogens with one attached hydrogen (secondary N) is 1. The summed E-state index contributed by atoms with van der Waals surface area (Å²) in [5, 5.41) is 12.4. The number of aliphatic hydroxyl groups excluding tert-OH is 1. The summed E-state index contributed by atoms with van der Waals surface area (Å²) in [4.78, 5) is 31.8. The van der Waals surface area contributed by atoms with Gasteiger partial charge in [0.05, 0.1) is 39.6 Å². The van der Waals surface area contributed by atoms with Crippen LogP contribution in [0.4, 0.5) is 0 Å². The average molecular weight is 557 g/mol. The molecule has 1 aliphatic heterocycles. The molecule has 1 aliphatic rings. The van der Waals surface area contributed by atoms with Gasteiger partial charge in [0.1, 0.15) is 28.8 Å². The Morgan fingerprint density at radius 1 is 0.902 bits per heavy atom. The number of ether oxygens (including phenoxy) is 4. The van der Waals surface area contributed by atoms with Gasteiger partial charge in [-0.05, 0) is 73.5 Å². The van der Waals surface area contributed by atoms with Crippen molar-refractivity contribution in [1.29, 1.82) is 0 Å². The van der Waals surface area contributed by atoms with Gasteiger partial charge in [0.25, 0.3) is 11.7 Å². The highest BCUT2D eigenvalue weighted by molar-refractivity contribution is 6.46. The van der Waals surface area contributed by atoms with E-state index in [2.05, 4.69) is 4.98 Å². The number of fused-ring (bicyclic) bond motifs is 1. The van der Waals surface area contributed by atoms with Crippen molar-refractivity contribution in [3.63, 3.8) is 0 Å². The molecule has 0 aliphatic carbocycles. The fourth-order valence-corrected chi connectivity index (χ4v) is 5.24. The second kappa shape index (κ2) is 11.7. The molecule has 1 saturated heterocycles. The fourth-order valence-electron chi connectivity index (χ4n) is 5.24. The first kappa shape index (κ1) is 27.6. The minimum absolute atomic E-state index is 0.0109. The first-order valence-corrected chi connectivity index (χ1v) is 13.3. The zero-order valence-electron chi connectivity index (χ0n) is 23.4. The van der Waals surface area contributed by atoms with Crippen molar-refractivity contribution < 1.29 is 33.6 Å². The number of methoxy groups -OCH3 is 3. The second-order valence-electron chi connectivity index (χ2n) is 9.53. The van der Waals surface area contributed by atoms with Crippen LogP contribution in [0.15, 0.2) is 72.4 Å². The third-order valence-corrected chi connectivity index (χ3v) is 7.31. The number of H-pyrrole nitrogens is 1. The lowest BCUT2D eigenvalue weighted by Gasteiger charge is -2.27. The Kier molecular flexibility index (Phi) is 7.87. The van der Waals surface area contributed by atoms with Crippen LogP contribution in [-0.2, 0) is 16.0 Å². The molecule has 4 aromatic rings. The SMILES string of the molecule is CCOc1ccc(/C(O)=C2/C(=O)C(=O)N(CCc3c[nH]c4ccc(OC)cc34)C2c2ccc(OC)cc2OC)cc1. The zero-order valence-corrected chi connectivity index (χ0v) is 23.4. The van der Waals surface area contributed by atoms with Crippen molar-refractivity contribution in [1.82, 2.24) is 9.88 Å². The number of likely N-dealkylation sites (tertiary alicyclic amines) is 1. The highest BCUT2D eigenvalue weighted by atomic mass is 16.5. The maximum absolute atomic E-state index is 13.5. The topological polar surface area (TPSA) is 110 Å². The van der Waals surface area contributed by atoms with Gasteiger partial charge in [-0.3, -0.25) is 9.59 Å². The molecule has 1 fully saturated rings. The van der Waals surface area contributed by atoms with Crippen LogP contribution in [0.1, 0.15) is 29.7 Å². The monoisotopic (exact) mass is 556 g/mol. The van der Waals surface area contributed by atoms with Crippen molar-refractivity contribution in [2.45, 2.75) is 19.4 Å². The Hall–Kier alpha value is -4.92. The predicted octanol–water partition coefficient (Wildman–Crippen LogP) is 5.26. The molecule has 212 valence electrons. The summed E-state index contributed by atoms with van der Waals surface area (Å²) in [6.45, 7) is 2.59. The molecular weight excluding hydrogens is 524 g/mol. The van der Waals surface area contributed by atoms with E-state index in [0.29, 0.717) is 41.4 Å². The van der Waals surface area contributed by atoms with Gasteiger partial charge in [0.15, 0.2) is 0 Å². The van der Waals surface area contributed by atoms with E-state index in [-0.39, 0.29) is 17.9 Å². The molecule has 0 radical (unpaired) electrons. The van der Waals surface area contributed by atoms with Crippen LogP contribution in [0.2, 0.25) is 0 Å². The molecule has 2 N–H and O–H groups in total. The Balaban J connectivity index is 1.58. The van der Waals surface area contributed by atoms with Crippen LogP contribution in [0.3, 0.4) is 0 Å². The number of aromatic nitrogens is 1. The summed E-state index contributed by atoms with van der Waals surface area (Å²) in [5.41, 5.74) is 2.84. The second-order valence-corrected chi connectivity index (χ2v) is 9.53. The van der Waals surface area contributed by atoms with E-state index >= 15 is 0 Å². The van der Waals surface area contributed by atoms with Crippen LogP contribution >= 0.6 is 0 Å². The van der Waals surface area contributed by atoms with Gasteiger partial charge in [-0.25, -0.2) is 0 Å². The van der Waals surface area contributed by atoms with E-state index in [0.717, 1.165) is 22.2 Å². The van der Waals surface area contributed by atoms with Crippen LogP contribution < -0.4 is 18.9 Å². The minimum atomic E-state index is -0.887. The van der Waals surface area contributed by atoms with E-state index in [1.165, 1.54) is 12.0 Å². The Morgan fingerprint density at radius 3 is 2.27 bits per heavy atom. The Morgan fingerprint density at radius 2 is 1.59 bits per heavy atom. The molecular formula is C32H32N2O7. The molecule has 9 nitrogen and oxygen atoms in total. The van der Waals surface area contributed by atoms with Gasteiger partial charge >= 0.3 is 0 Å². The van der Waals surface area contributed by atoms with Gasteiger partial charge in [-0.15, -0.1) is 0 Å². The van der Waals surface area contributed by atoms with Crippen LogP contribution in [-0.4, -0.2) is 61.2 Å². The number of hydrogen-bond donors (Lipinski definition) is 2. The van der Waals surface area contributed by atoms with E-state index < -0.39 is 17.7 Å². The molecule has 5 rings (SSSR count). The highest BCUT2D eigenvalue weighted by Crippen LogP contribution is 2.44. The molecule has 1 atom stereocenters. The Labute approximate surface area is 237 Å². The summed E-state index contributed by atoms with van der Waals surface area (Å²) in [6.07, 6.45) is 2.35. The summed E-state index contributed by atoms with van der Waals surface area (Å²) < 4.78 is 21.9. The lowest BCUT2D eigenvalue weighted by molar-refractivity contribution is -0.139. The number of Topliss-reactive ketones (excluding diaryl/α,β-unsaturated/α-hetero) is 1. The van der Waals surface area contributed by atoms with Gasteiger partial charge in [0, 0.05) is 40.8 Å². The fraction of sp³-hybridized carbons (Fsp3) is 0.250. The maximum atomic E-state index is 13.5. The van der Waals surface area contributed by atoms with Crippen LogP contribution in [0.25, 0.3) is 16.7 Å². The zero-order chi connectivity index (χ0) is 29.1. The molecule has 0 saturated carbocycles. The molecule has 3 aromatic carbocycles. The number of carbonyl (C=O) groups is 2. The van der Waals surface area contributed by atoms with Crippen molar-refractivity contribution in [2.75, 3.05) is 34.5 Å². The van der Waals surface area contributed by atoms with Gasteiger partial charge in [0.2, 0.25) is 0 Å². The molecule has 0 bridgehead atoms. The quantitative estimate of drug-likeness (QED) is 0.156. The number of nitrogens with zero attached hydrogens (tertiary/aromatic N) is 1. The maximum Gasteiger partial charge on any atom is 0.295 e. The molecule has 1 aromatic heterocycles. The number of aliphatic hydroxyl groups is 1. The largest absolute Gasteiger partial charge is 0.507 e. The third-order valence-electron chi connectivity index (χ3n) is 7.31. The van der Waals surface area contributed by atoms with E-state index in [4.69, 9.17) is 18.9 Å². The number of hydrogen-bond acceptors (Lipinski definition) is 7. The molecule has 41 heavy (non-hydrogen) atoms. The van der Waals surface area contributed by atoms with Gasteiger partial charge in [-0.1, -0.05) is 0 Å². The van der Waals surface area contributed by atoms with E-state index in [1.807, 2.05) is 31.3 Å². The van der Waals surface area contributed by atoms with Crippen molar-refractivity contribution >= 4 is 28.4 Å². The normalized spacial score (nSPS) is 16.3. The molecule has 9 heteroatoms. The van der Waals surface area contributed by atoms with Crippen molar-refractivity contribution in [3.05, 3.63) is 89.1 Å². The number of rotatable bonds is 10. The first-order valence-electron chi connectivity index (χ1n) is 13.3. The minimum Gasteiger partial charge on any atom is -0.507 e.